The largest absolute Gasteiger partial charge is 0.358 e. The molecule has 1 amide bonds. The van der Waals surface area contributed by atoms with Gasteiger partial charge in [0.15, 0.2) is 0 Å². The molecule has 3 rings (SSSR count). The predicted octanol–water partition coefficient (Wildman–Crippen LogP) is 2.47. The van der Waals surface area contributed by atoms with E-state index in [0.29, 0.717) is 6.54 Å². The van der Waals surface area contributed by atoms with Gasteiger partial charge in [0.2, 0.25) is 6.41 Å². The zero-order valence-electron chi connectivity index (χ0n) is 11.7. The van der Waals surface area contributed by atoms with Crippen LogP contribution >= 0.6 is 0 Å². The van der Waals surface area contributed by atoms with Gasteiger partial charge in [-0.25, -0.2) is 4.98 Å². The van der Waals surface area contributed by atoms with E-state index in [1.54, 1.807) is 12.4 Å². The van der Waals surface area contributed by atoms with Crippen LogP contribution in [0.25, 0.3) is 22.4 Å². The molecule has 2 N–H and O–H groups in total. The number of hydrogen-bond acceptors (Lipinski definition) is 3. The molecule has 1 atom stereocenters. The van der Waals surface area contributed by atoms with E-state index in [2.05, 4.69) is 39.3 Å². The minimum atomic E-state index is 0.257. The van der Waals surface area contributed by atoms with Gasteiger partial charge in [0.1, 0.15) is 5.82 Å². The number of fused-ring (bicyclic) bond motifs is 1. The van der Waals surface area contributed by atoms with Crippen molar-refractivity contribution in [1.29, 1.82) is 0 Å². The number of hydrogen-bond donors (Lipinski definition) is 2. The zero-order chi connectivity index (χ0) is 14.7. The van der Waals surface area contributed by atoms with E-state index in [9.17, 15) is 4.79 Å². The van der Waals surface area contributed by atoms with E-state index >= 15 is 0 Å². The predicted molar refractivity (Wildman–Crippen MR) is 81.8 cm³/mol. The van der Waals surface area contributed by atoms with Crippen LogP contribution in [0.2, 0.25) is 0 Å². The molecule has 2 heterocycles. The lowest BCUT2D eigenvalue weighted by atomic mass is 10.0. The lowest BCUT2D eigenvalue weighted by Crippen LogP contribution is -2.17. The number of pyridine rings is 1. The number of carbonyl (C=O) groups is 1. The maximum absolute atomic E-state index is 10.4. The van der Waals surface area contributed by atoms with Crippen molar-refractivity contribution >= 4 is 17.4 Å². The highest BCUT2D eigenvalue weighted by Crippen LogP contribution is 2.23. The Labute approximate surface area is 122 Å². The molecular weight excluding hydrogens is 264 g/mol. The van der Waals surface area contributed by atoms with Crippen LogP contribution in [0.4, 0.5) is 0 Å². The Hall–Kier alpha value is -2.69. The van der Waals surface area contributed by atoms with Gasteiger partial charge in [0.05, 0.1) is 11.0 Å². The summed E-state index contributed by atoms with van der Waals surface area (Å²) in [5.41, 5.74) is 4.11. The molecule has 0 spiro atoms. The molecule has 0 aliphatic rings. The molecule has 0 fully saturated rings. The smallest absolute Gasteiger partial charge is 0.207 e. The number of H-pyrrole nitrogens is 1. The van der Waals surface area contributed by atoms with Crippen LogP contribution in [0, 0.1) is 0 Å². The molecule has 2 aromatic heterocycles. The van der Waals surface area contributed by atoms with Crippen molar-refractivity contribution in [3.05, 3.63) is 48.3 Å². The summed E-state index contributed by atoms with van der Waals surface area (Å²) in [4.78, 5) is 22.3. The molecule has 0 radical (unpaired) electrons. The van der Waals surface area contributed by atoms with Crippen molar-refractivity contribution in [1.82, 2.24) is 20.3 Å². The molecular formula is C16H16N4O. The first-order chi connectivity index (χ1) is 10.3. The first kappa shape index (κ1) is 13.3. The maximum Gasteiger partial charge on any atom is 0.207 e. The van der Waals surface area contributed by atoms with Crippen molar-refractivity contribution < 1.29 is 4.79 Å². The fourth-order valence-electron chi connectivity index (χ4n) is 2.32. The Kier molecular flexibility index (Phi) is 3.64. The summed E-state index contributed by atoms with van der Waals surface area (Å²) in [6.07, 6.45) is 4.23. The Bertz CT molecular complexity index is 751. The van der Waals surface area contributed by atoms with Crippen molar-refractivity contribution in [3.63, 3.8) is 0 Å². The highest BCUT2D eigenvalue weighted by Gasteiger charge is 2.09. The minimum absolute atomic E-state index is 0.257. The van der Waals surface area contributed by atoms with Gasteiger partial charge in [0.25, 0.3) is 0 Å². The highest BCUT2D eigenvalue weighted by molar-refractivity contribution is 5.80. The SMILES string of the molecule is CC(CNC=O)c1ccc2nc(-c3ccncc3)[nH]c2c1. The van der Waals surface area contributed by atoms with E-state index in [4.69, 9.17) is 0 Å². The topological polar surface area (TPSA) is 70.7 Å². The molecule has 0 saturated heterocycles. The summed E-state index contributed by atoms with van der Waals surface area (Å²) >= 11 is 0. The number of aromatic amines is 1. The van der Waals surface area contributed by atoms with Crippen LogP contribution in [-0.4, -0.2) is 27.9 Å². The van der Waals surface area contributed by atoms with Crippen LogP contribution < -0.4 is 5.32 Å². The Morgan fingerprint density at radius 3 is 2.86 bits per heavy atom. The van der Waals surface area contributed by atoms with Gasteiger partial charge in [-0.1, -0.05) is 13.0 Å². The summed E-state index contributed by atoms with van der Waals surface area (Å²) in [6, 6.07) is 9.99. The number of benzene rings is 1. The number of rotatable bonds is 5. The van der Waals surface area contributed by atoms with Crippen LogP contribution in [0.5, 0.6) is 0 Å². The number of carbonyl (C=O) groups excluding carboxylic acids is 1. The van der Waals surface area contributed by atoms with Crippen LogP contribution in [0.1, 0.15) is 18.4 Å². The Morgan fingerprint density at radius 1 is 1.29 bits per heavy atom. The summed E-state index contributed by atoms with van der Waals surface area (Å²) in [5.74, 6) is 1.09. The van der Waals surface area contributed by atoms with Gasteiger partial charge in [-0.05, 0) is 35.7 Å². The van der Waals surface area contributed by atoms with Crippen LogP contribution in [0.15, 0.2) is 42.7 Å². The molecule has 0 aliphatic carbocycles. The summed E-state index contributed by atoms with van der Waals surface area (Å²) in [5, 5.41) is 2.71. The second-order valence-corrected chi connectivity index (χ2v) is 5.03. The van der Waals surface area contributed by atoms with Gasteiger partial charge in [-0.15, -0.1) is 0 Å². The highest BCUT2D eigenvalue weighted by atomic mass is 16.1. The molecule has 3 aromatic rings. The molecule has 21 heavy (non-hydrogen) atoms. The van der Waals surface area contributed by atoms with Gasteiger partial charge in [-0.3, -0.25) is 9.78 Å². The van der Waals surface area contributed by atoms with E-state index in [-0.39, 0.29) is 5.92 Å². The van der Waals surface area contributed by atoms with E-state index in [0.717, 1.165) is 28.8 Å². The molecule has 0 bridgehead atoms. The fourth-order valence-corrected chi connectivity index (χ4v) is 2.32. The number of imidazole rings is 1. The molecule has 1 aromatic carbocycles. The fraction of sp³-hybridized carbons (Fsp3) is 0.188. The minimum Gasteiger partial charge on any atom is -0.358 e. The summed E-state index contributed by atoms with van der Waals surface area (Å²) < 4.78 is 0. The maximum atomic E-state index is 10.4. The van der Waals surface area contributed by atoms with E-state index in [1.165, 1.54) is 5.56 Å². The van der Waals surface area contributed by atoms with Crippen molar-refractivity contribution in [2.24, 2.45) is 0 Å². The van der Waals surface area contributed by atoms with E-state index < -0.39 is 0 Å². The van der Waals surface area contributed by atoms with Crippen LogP contribution in [-0.2, 0) is 4.79 Å². The number of amides is 1. The third-order valence-electron chi connectivity index (χ3n) is 3.54. The third-order valence-corrected chi connectivity index (χ3v) is 3.54. The molecule has 1 unspecified atom stereocenters. The monoisotopic (exact) mass is 280 g/mol. The lowest BCUT2D eigenvalue weighted by molar-refractivity contribution is -0.109. The normalized spacial score (nSPS) is 12.2. The standard InChI is InChI=1S/C16H16N4O/c1-11(9-18-10-21)13-2-3-14-15(8-13)20-16(19-14)12-4-6-17-7-5-12/h2-8,10-11H,9H2,1H3,(H,18,21)(H,19,20). The second-order valence-electron chi connectivity index (χ2n) is 5.03. The van der Waals surface area contributed by atoms with Gasteiger partial charge in [0, 0.05) is 24.5 Å². The van der Waals surface area contributed by atoms with Crippen molar-refractivity contribution in [2.75, 3.05) is 6.54 Å². The van der Waals surface area contributed by atoms with E-state index in [1.807, 2.05) is 18.2 Å². The number of nitrogens with one attached hydrogen (secondary N) is 2. The molecule has 106 valence electrons. The average molecular weight is 280 g/mol. The number of nitrogens with zero attached hydrogens (tertiary/aromatic N) is 2. The quantitative estimate of drug-likeness (QED) is 0.705. The van der Waals surface area contributed by atoms with Gasteiger partial charge < -0.3 is 10.3 Å². The molecule has 0 aliphatic heterocycles. The van der Waals surface area contributed by atoms with Crippen molar-refractivity contribution in [3.8, 4) is 11.4 Å². The number of aromatic nitrogens is 3. The zero-order valence-corrected chi connectivity index (χ0v) is 11.7. The Balaban J connectivity index is 1.93. The first-order valence-corrected chi connectivity index (χ1v) is 6.85. The molecule has 0 saturated carbocycles. The van der Waals surface area contributed by atoms with Gasteiger partial charge in [-0.2, -0.15) is 0 Å². The van der Waals surface area contributed by atoms with Crippen molar-refractivity contribution in [2.45, 2.75) is 12.8 Å². The van der Waals surface area contributed by atoms with Crippen LogP contribution in [0.3, 0.4) is 0 Å². The first-order valence-electron chi connectivity index (χ1n) is 6.85. The second kappa shape index (κ2) is 5.75. The molecule has 5 nitrogen and oxygen atoms in total. The average Bonchev–Trinajstić information content (AvgIpc) is 2.96. The molecule has 5 heteroatoms. The summed E-state index contributed by atoms with van der Waals surface area (Å²) in [7, 11) is 0. The van der Waals surface area contributed by atoms with Gasteiger partial charge >= 0.3 is 0 Å². The third kappa shape index (κ3) is 2.76. The Morgan fingerprint density at radius 2 is 2.10 bits per heavy atom. The lowest BCUT2D eigenvalue weighted by Gasteiger charge is -2.10. The summed E-state index contributed by atoms with van der Waals surface area (Å²) in [6.45, 7) is 2.71.